The number of hydrogen-bond acceptors (Lipinski definition) is 3. The second-order valence-electron chi connectivity index (χ2n) is 8.20. The minimum atomic E-state index is 0.498. The third-order valence-electron chi connectivity index (χ3n) is 5.07. The molecule has 2 aromatic carbocycles. The van der Waals surface area contributed by atoms with Crippen molar-refractivity contribution in [1.82, 2.24) is 0 Å². The Morgan fingerprint density at radius 2 is 0.824 bits per heavy atom. The molecule has 3 rings (SSSR count). The maximum Gasteiger partial charge on any atom is 0.0540 e. The molecule has 3 heteroatoms. The van der Waals surface area contributed by atoms with Crippen LogP contribution in [0, 0.1) is 5.41 Å². The van der Waals surface area contributed by atoms with Gasteiger partial charge in [-0.3, -0.25) is 0 Å². The molecule has 1 aliphatic rings. The van der Waals surface area contributed by atoms with E-state index in [4.69, 9.17) is 16.9 Å². The van der Waals surface area contributed by atoms with Crippen LogP contribution in [0.3, 0.4) is 0 Å². The molecule has 0 radical (unpaired) electrons. The SMILES string of the molecule is CCCC.CCCC.CCCC.N=C1C=CC(=C(c2ccc(N)cc2)c2ccc(N)cc2)C=C1. The third kappa shape index (κ3) is 12.8. The van der Waals surface area contributed by atoms with Gasteiger partial charge in [-0.1, -0.05) is 116 Å². The Hall–Kier alpha value is -3.07. The van der Waals surface area contributed by atoms with E-state index in [0.29, 0.717) is 5.71 Å². The normalized spacial score (nSPS) is 11.4. The van der Waals surface area contributed by atoms with E-state index in [1.54, 1.807) is 12.2 Å². The lowest BCUT2D eigenvalue weighted by atomic mass is 9.90. The highest BCUT2D eigenvalue weighted by Gasteiger charge is 2.10. The summed E-state index contributed by atoms with van der Waals surface area (Å²) in [5.74, 6) is 0. The average Bonchev–Trinajstić information content (AvgIpc) is 2.88. The third-order valence-corrected chi connectivity index (χ3v) is 5.07. The molecule has 0 amide bonds. The van der Waals surface area contributed by atoms with Gasteiger partial charge in [-0.05, 0) is 58.7 Å². The summed E-state index contributed by atoms with van der Waals surface area (Å²) >= 11 is 0. The number of unbranched alkanes of at least 4 members (excludes halogenated alkanes) is 3. The van der Waals surface area contributed by atoms with Gasteiger partial charge in [-0.2, -0.15) is 0 Å². The van der Waals surface area contributed by atoms with Crippen molar-refractivity contribution in [2.24, 2.45) is 0 Å². The number of nitrogens with one attached hydrogen (secondary N) is 1. The van der Waals surface area contributed by atoms with Gasteiger partial charge in [0.05, 0.1) is 5.71 Å². The molecule has 1 aliphatic carbocycles. The van der Waals surface area contributed by atoms with Crippen LogP contribution in [0.1, 0.15) is 91.2 Å². The van der Waals surface area contributed by atoms with Crippen molar-refractivity contribution in [2.75, 3.05) is 11.5 Å². The number of anilines is 2. The van der Waals surface area contributed by atoms with Gasteiger partial charge < -0.3 is 16.9 Å². The molecular weight excluding hydrogens is 414 g/mol. The number of allylic oxidation sites excluding steroid dienone is 5. The largest absolute Gasteiger partial charge is 0.399 e. The molecule has 0 spiro atoms. The van der Waals surface area contributed by atoms with Crippen LogP contribution in [0.25, 0.3) is 5.57 Å². The lowest BCUT2D eigenvalue weighted by Gasteiger charge is -2.14. The number of nitrogens with two attached hydrogens (primary N) is 2. The highest BCUT2D eigenvalue weighted by molar-refractivity contribution is 6.05. The van der Waals surface area contributed by atoms with Crippen molar-refractivity contribution in [3.05, 3.63) is 89.5 Å². The summed E-state index contributed by atoms with van der Waals surface area (Å²) in [6.45, 7) is 13.1. The highest BCUT2D eigenvalue weighted by atomic mass is 14.5. The summed E-state index contributed by atoms with van der Waals surface area (Å²) in [5, 5.41) is 7.66. The van der Waals surface area contributed by atoms with Crippen LogP contribution in [0.4, 0.5) is 11.4 Å². The van der Waals surface area contributed by atoms with Crippen LogP contribution in [0.15, 0.2) is 78.4 Å². The predicted molar refractivity (Wildman–Crippen MR) is 155 cm³/mol. The van der Waals surface area contributed by atoms with Crippen molar-refractivity contribution in [2.45, 2.75) is 80.1 Å². The topological polar surface area (TPSA) is 75.9 Å². The van der Waals surface area contributed by atoms with Gasteiger partial charge in [-0.25, -0.2) is 0 Å². The molecule has 34 heavy (non-hydrogen) atoms. The van der Waals surface area contributed by atoms with Crippen molar-refractivity contribution < 1.29 is 0 Å². The van der Waals surface area contributed by atoms with Crippen molar-refractivity contribution >= 4 is 22.7 Å². The Labute approximate surface area is 209 Å². The average molecular weight is 462 g/mol. The first-order valence-electron chi connectivity index (χ1n) is 12.8. The van der Waals surface area contributed by atoms with Crippen molar-refractivity contribution in [1.29, 1.82) is 5.41 Å². The van der Waals surface area contributed by atoms with E-state index < -0.39 is 0 Å². The van der Waals surface area contributed by atoms with Crippen LogP contribution in [-0.2, 0) is 0 Å². The maximum absolute atomic E-state index is 7.66. The molecule has 5 N–H and O–H groups in total. The fourth-order valence-electron chi connectivity index (χ4n) is 2.44. The van der Waals surface area contributed by atoms with E-state index in [-0.39, 0.29) is 0 Å². The van der Waals surface area contributed by atoms with Gasteiger partial charge in [0.15, 0.2) is 0 Å². The van der Waals surface area contributed by atoms with E-state index in [9.17, 15) is 0 Å². The summed E-state index contributed by atoms with van der Waals surface area (Å²) in [6, 6.07) is 15.6. The zero-order valence-electron chi connectivity index (χ0n) is 22.3. The lowest BCUT2D eigenvalue weighted by Crippen LogP contribution is -1.97. The van der Waals surface area contributed by atoms with Gasteiger partial charge in [0.25, 0.3) is 0 Å². The Kier molecular flexibility index (Phi) is 17.7. The summed E-state index contributed by atoms with van der Waals surface area (Å²) < 4.78 is 0. The Morgan fingerprint density at radius 3 is 1.09 bits per heavy atom. The molecule has 2 aromatic rings. The Bertz CT molecular complexity index is 804. The predicted octanol–water partition coefficient (Wildman–Crippen LogP) is 9.22. The van der Waals surface area contributed by atoms with Crippen molar-refractivity contribution in [3.8, 4) is 0 Å². The first-order valence-corrected chi connectivity index (χ1v) is 12.8. The van der Waals surface area contributed by atoms with Gasteiger partial charge in [0.1, 0.15) is 0 Å². The molecule has 186 valence electrons. The second-order valence-corrected chi connectivity index (χ2v) is 8.20. The minimum Gasteiger partial charge on any atom is -0.399 e. The molecule has 3 nitrogen and oxygen atoms in total. The quantitative estimate of drug-likeness (QED) is 0.388. The number of hydrogen-bond donors (Lipinski definition) is 3. The van der Waals surface area contributed by atoms with Crippen LogP contribution >= 0.6 is 0 Å². The van der Waals surface area contributed by atoms with E-state index >= 15 is 0 Å². The standard InChI is InChI=1S/C19H17N3.3C4H10/c20-16-7-1-13(2-8-16)19(14-3-9-17(21)10-4-14)15-5-11-18(22)12-6-15;3*1-3-4-2/h1-12,20H,21-22H2;3*3-4H2,1-2H3. The molecule has 0 aliphatic heterocycles. The highest BCUT2D eigenvalue weighted by Crippen LogP contribution is 2.30. The van der Waals surface area contributed by atoms with Crippen LogP contribution in [0.2, 0.25) is 0 Å². The van der Waals surface area contributed by atoms with E-state index in [1.165, 1.54) is 38.5 Å². The zero-order valence-corrected chi connectivity index (χ0v) is 22.3. The summed E-state index contributed by atoms with van der Waals surface area (Å²) in [6.07, 6.45) is 15.4. The lowest BCUT2D eigenvalue weighted by molar-refractivity contribution is 0.886. The Balaban J connectivity index is 0.000000759. The van der Waals surface area contributed by atoms with Gasteiger partial charge >= 0.3 is 0 Å². The van der Waals surface area contributed by atoms with Crippen LogP contribution < -0.4 is 11.5 Å². The monoisotopic (exact) mass is 461 g/mol. The smallest absolute Gasteiger partial charge is 0.0540 e. The van der Waals surface area contributed by atoms with Crippen molar-refractivity contribution in [3.63, 3.8) is 0 Å². The summed E-state index contributed by atoms with van der Waals surface area (Å²) in [5.41, 5.74) is 17.9. The minimum absolute atomic E-state index is 0.498. The molecule has 0 bridgehead atoms. The molecule has 0 saturated heterocycles. The van der Waals surface area contributed by atoms with Gasteiger partial charge in [0, 0.05) is 11.4 Å². The molecule has 0 fully saturated rings. The van der Waals surface area contributed by atoms with Crippen LogP contribution in [0.5, 0.6) is 0 Å². The molecule has 0 atom stereocenters. The van der Waals surface area contributed by atoms with Crippen LogP contribution in [-0.4, -0.2) is 5.71 Å². The fourth-order valence-corrected chi connectivity index (χ4v) is 2.44. The first kappa shape index (κ1) is 30.9. The fraction of sp³-hybridized carbons (Fsp3) is 0.387. The van der Waals surface area contributed by atoms with E-state index in [1.807, 2.05) is 60.7 Å². The molecular formula is C31H47N3. The number of rotatable bonds is 5. The first-order chi connectivity index (χ1) is 16.4. The molecule has 0 saturated carbocycles. The summed E-state index contributed by atoms with van der Waals surface area (Å²) in [4.78, 5) is 0. The molecule has 0 unspecified atom stereocenters. The maximum atomic E-state index is 7.66. The van der Waals surface area contributed by atoms with Gasteiger partial charge in [-0.15, -0.1) is 0 Å². The number of benzene rings is 2. The van der Waals surface area contributed by atoms with E-state index in [2.05, 4.69) is 41.5 Å². The zero-order chi connectivity index (χ0) is 25.8. The summed E-state index contributed by atoms with van der Waals surface area (Å²) in [7, 11) is 0. The second kappa shape index (κ2) is 19.4. The van der Waals surface area contributed by atoms with E-state index in [0.717, 1.165) is 33.6 Å². The Morgan fingerprint density at radius 1 is 0.529 bits per heavy atom. The number of nitrogen functional groups attached to an aromatic ring is 2. The molecule has 0 aromatic heterocycles. The molecule has 0 heterocycles. The van der Waals surface area contributed by atoms with Gasteiger partial charge in [0.2, 0.25) is 0 Å².